The lowest BCUT2D eigenvalue weighted by atomic mass is 9.99. The Kier molecular flexibility index (Phi) is 5.11. The highest BCUT2D eigenvalue weighted by Gasteiger charge is 2.19. The van der Waals surface area contributed by atoms with Crippen LogP contribution in [-0.2, 0) is 14.3 Å². The predicted molar refractivity (Wildman–Crippen MR) is 66.9 cm³/mol. The van der Waals surface area contributed by atoms with Gasteiger partial charge in [0, 0.05) is 12.2 Å². The molecule has 4 nitrogen and oxygen atoms in total. The van der Waals surface area contributed by atoms with Crippen molar-refractivity contribution in [1.29, 1.82) is 0 Å². The van der Waals surface area contributed by atoms with E-state index in [-0.39, 0.29) is 12.0 Å². The first-order chi connectivity index (χ1) is 8.50. The van der Waals surface area contributed by atoms with Gasteiger partial charge in [-0.2, -0.15) is 0 Å². The fourth-order valence-corrected chi connectivity index (χ4v) is 1.54. The fourth-order valence-electron chi connectivity index (χ4n) is 1.54. The van der Waals surface area contributed by atoms with Gasteiger partial charge in [-0.25, -0.2) is 9.59 Å². The summed E-state index contributed by atoms with van der Waals surface area (Å²) in [6, 6.07) is 9.36. The van der Waals surface area contributed by atoms with Crippen molar-refractivity contribution in [2.75, 3.05) is 0 Å². The summed E-state index contributed by atoms with van der Waals surface area (Å²) >= 11 is 0. The maximum Gasteiger partial charge on any atom is 0.331 e. The van der Waals surface area contributed by atoms with Crippen LogP contribution in [0.5, 0.6) is 0 Å². The third-order valence-corrected chi connectivity index (χ3v) is 2.34. The average molecular weight is 248 g/mol. The van der Waals surface area contributed by atoms with E-state index >= 15 is 0 Å². The van der Waals surface area contributed by atoms with Crippen molar-refractivity contribution in [2.24, 2.45) is 5.92 Å². The Morgan fingerprint density at radius 3 is 2.28 bits per heavy atom. The van der Waals surface area contributed by atoms with E-state index in [9.17, 15) is 9.59 Å². The Morgan fingerprint density at radius 2 is 1.78 bits per heavy atom. The van der Waals surface area contributed by atoms with Crippen LogP contribution in [0.1, 0.15) is 25.5 Å². The van der Waals surface area contributed by atoms with E-state index in [1.807, 2.05) is 44.2 Å². The van der Waals surface area contributed by atoms with E-state index < -0.39 is 11.9 Å². The lowest BCUT2D eigenvalue weighted by Gasteiger charge is -2.20. The van der Waals surface area contributed by atoms with Gasteiger partial charge in [0.15, 0.2) is 0 Å². The molecular weight excluding hydrogens is 232 g/mol. The number of rotatable bonds is 5. The number of benzene rings is 1. The summed E-state index contributed by atoms with van der Waals surface area (Å²) in [6.45, 7) is 3.87. The molecule has 1 rings (SSSR count). The molecule has 0 fully saturated rings. The largest absolute Gasteiger partial charge is 0.478 e. The highest BCUT2D eigenvalue weighted by molar-refractivity contribution is 5.90. The molecule has 0 radical (unpaired) electrons. The second kappa shape index (κ2) is 6.59. The summed E-state index contributed by atoms with van der Waals surface area (Å²) in [6.07, 6.45) is 1.31. The quantitative estimate of drug-likeness (QED) is 0.642. The van der Waals surface area contributed by atoms with Crippen LogP contribution >= 0.6 is 0 Å². The first-order valence-electron chi connectivity index (χ1n) is 5.67. The van der Waals surface area contributed by atoms with Crippen LogP contribution in [0.15, 0.2) is 42.5 Å². The number of hydrogen-bond donors (Lipinski definition) is 1. The van der Waals surface area contributed by atoms with Crippen molar-refractivity contribution in [3.05, 3.63) is 48.0 Å². The molecule has 0 bridgehead atoms. The molecule has 1 atom stereocenters. The van der Waals surface area contributed by atoms with E-state index in [1.54, 1.807) is 0 Å². The normalized spacial score (nSPS) is 12.6. The van der Waals surface area contributed by atoms with Gasteiger partial charge in [-0.15, -0.1) is 0 Å². The van der Waals surface area contributed by atoms with Crippen LogP contribution in [0.4, 0.5) is 0 Å². The van der Waals surface area contributed by atoms with Gasteiger partial charge >= 0.3 is 11.9 Å². The molecule has 0 saturated carbocycles. The lowest BCUT2D eigenvalue weighted by Crippen LogP contribution is -2.15. The minimum absolute atomic E-state index is 0.106. The van der Waals surface area contributed by atoms with Crippen molar-refractivity contribution < 1.29 is 19.4 Å². The zero-order chi connectivity index (χ0) is 13.5. The molecule has 0 heterocycles. The lowest BCUT2D eigenvalue weighted by molar-refractivity contribution is -0.146. The highest BCUT2D eigenvalue weighted by atomic mass is 16.5. The molecule has 0 saturated heterocycles. The summed E-state index contributed by atoms with van der Waals surface area (Å²) < 4.78 is 5.26. The van der Waals surface area contributed by atoms with Gasteiger partial charge in [0.05, 0.1) is 0 Å². The van der Waals surface area contributed by atoms with Crippen molar-refractivity contribution >= 4 is 11.9 Å². The van der Waals surface area contributed by atoms with Crippen molar-refractivity contribution in [1.82, 2.24) is 0 Å². The Morgan fingerprint density at radius 1 is 1.17 bits per heavy atom. The van der Waals surface area contributed by atoms with Gasteiger partial charge in [0.2, 0.25) is 0 Å². The summed E-state index contributed by atoms with van der Waals surface area (Å²) in [7, 11) is 0. The smallest absolute Gasteiger partial charge is 0.331 e. The van der Waals surface area contributed by atoms with E-state index in [0.717, 1.165) is 17.7 Å². The summed E-state index contributed by atoms with van der Waals surface area (Å²) in [4.78, 5) is 21.8. The minimum atomic E-state index is -1.17. The number of esters is 1. The van der Waals surface area contributed by atoms with E-state index in [2.05, 4.69) is 0 Å². The molecule has 0 amide bonds. The maximum atomic E-state index is 11.5. The number of aliphatic carboxylic acids is 1. The SMILES string of the molecule is CC(C)C(OC(=O)/C=C/C(=O)O)c1ccccc1. The average Bonchev–Trinajstić information content (AvgIpc) is 2.34. The Hall–Kier alpha value is -2.10. The molecule has 96 valence electrons. The molecular formula is C14H16O4. The third-order valence-electron chi connectivity index (χ3n) is 2.34. The molecule has 1 unspecified atom stereocenters. The Bertz CT molecular complexity index is 434. The van der Waals surface area contributed by atoms with Crippen LogP contribution < -0.4 is 0 Å². The predicted octanol–water partition coefficient (Wildman–Crippen LogP) is 2.57. The Labute approximate surface area is 106 Å². The number of carbonyl (C=O) groups is 2. The molecule has 1 aromatic rings. The minimum Gasteiger partial charge on any atom is -0.478 e. The molecule has 0 spiro atoms. The third kappa shape index (κ3) is 4.41. The molecule has 0 aliphatic rings. The molecule has 0 aliphatic heterocycles. The number of hydrogen-bond acceptors (Lipinski definition) is 3. The van der Waals surface area contributed by atoms with Gasteiger partial charge in [-0.05, 0) is 11.5 Å². The van der Waals surface area contributed by atoms with Crippen molar-refractivity contribution in [2.45, 2.75) is 20.0 Å². The summed E-state index contributed by atoms with van der Waals surface area (Å²) in [5.41, 5.74) is 0.893. The summed E-state index contributed by atoms with van der Waals surface area (Å²) in [5.74, 6) is -1.72. The zero-order valence-corrected chi connectivity index (χ0v) is 10.4. The van der Waals surface area contributed by atoms with Gasteiger partial charge in [-0.3, -0.25) is 0 Å². The van der Waals surface area contributed by atoms with E-state index in [0.29, 0.717) is 0 Å². The van der Waals surface area contributed by atoms with Crippen molar-refractivity contribution in [3.63, 3.8) is 0 Å². The monoisotopic (exact) mass is 248 g/mol. The van der Waals surface area contributed by atoms with Gasteiger partial charge in [0.25, 0.3) is 0 Å². The molecule has 0 aromatic heterocycles. The van der Waals surface area contributed by atoms with Crippen LogP contribution in [0.2, 0.25) is 0 Å². The second-order valence-electron chi connectivity index (χ2n) is 4.18. The summed E-state index contributed by atoms with van der Waals surface area (Å²) in [5, 5.41) is 8.43. The van der Waals surface area contributed by atoms with Gasteiger partial charge in [-0.1, -0.05) is 44.2 Å². The van der Waals surface area contributed by atoms with Crippen LogP contribution in [-0.4, -0.2) is 17.0 Å². The first kappa shape index (κ1) is 14.0. The number of ether oxygens (including phenoxy) is 1. The molecule has 4 heteroatoms. The number of carbonyl (C=O) groups excluding carboxylic acids is 1. The highest BCUT2D eigenvalue weighted by Crippen LogP contribution is 2.25. The molecule has 18 heavy (non-hydrogen) atoms. The molecule has 0 aliphatic carbocycles. The number of carboxylic acids is 1. The van der Waals surface area contributed by atoms with Crippen LogP contribution in [0, 0.1) is 5.92 Å². The second-order valence-corrected chi connectivity index (χ2v) is 4.18. The zero-order valence-electron chi connectivity index (χ0n) is 10.4. The fraction of sp³-hybridized carbons (Fsp3) is 0.286. The van der Waals surface area contributed by atoms with Crippen LogP contribution in [0.3, 0.4) is 0 Å². The molecule has 1 N–H and O–H groups in total. The van der Waals surface area contributed by atoms with Gasteiger partial charge < -0.3 is 9.84 Å². The van der Waals surface area contributed by atoms with Gasteiger partial charge in [0.1, 0.15) is 6.10 Å². The first-order valence-corrected chi connectivity index (χ1v) is 5.67. The van der Waals surface area contributed by atoms with Crippen molar-refractivity contribution in [3.8, 4) is 0 Å². The van der Waals surface area contributed by atoms with E-state index in [1.165, 1.54) is 0 Å². The van der Waals surface area contributed by atoms with E-state index in [4.69, 9.17) is 9.84 Å². The topological polar surface area (TPSA) is 63.6 Å². The van der Waals surface area contributed by atoms with Crippen LogP contribution in [0.25, 0.3) is 0 Å². The maximum absolute atomic E-state index is 11.5. The number of carboxylic acid groups (broad SMARTS) is 1. The molecule has 1 aromatic carbocycles. The Balaban J connectivity index is 2.76. The standard InChI is InChI=1S/C14H16O4/c1-10(2)14(11-6-4-3-5-7-11)18-13(17)9-8-12(15)16/h3-10,14H,1-2H3,(H,15,16)/b9-8+.